The SMILES string of the molecule is C=C(N)/C(C#N)=C(\C)c1ccc(N(CC)CC)cc1. The van der Waals surface area contributed by atoms with Gasteiger partial charge in [0.2, 0.25) is 0 Å². The van der Waals surface area contributed by atoms with Crippen molar-refractivity contribution < 1.29 is 0 Å². The Hall–Kier alpha value is -2.21. The van der Waals surface area contributed by atoms with E-state index < -0.39 is 0 Å². The Labute approximate surface area is 115 Å². The fourth-order valence-electron chi connectivity index (χ4n) is 2.05. The number of allylic oxidation sites excluding steroid dienone is 2. The average Bonchev–Trinajstić information content (AvgIpc) is 2.41. The van der Waals surface area contributed by atoms with Gasteiger partial charge in [-0.1, -0.05) is 18.7 Å². The first-order chi connectivity index (χ1) is 9.04. The minimum absolute atomic E-state index is 0.313. The second-order valence-electron chi connectivity index (χ2n) is 4.36. The predicted molar refractivity (Wildman–Crippen MR) is 81.5 cm³/mol. The third-order valence-corrected chi connectivity index (χ3v) is 3.24. The van der Waals surface area contributed by atoms with E-state index in [-0.39, 0.29) is 0 Å². The van der Waals surface area contributed by atoms with E-state index >= 15 is 0 Å². The molecule has 19 heavy (non-hydrogen) atoms. The molecule has 0 aromatic heterocycles. The fraction of sp³-hybridized carbons (Fsp3) is 0.312. The quantitative estimate of drug-likeness (QED) is 0.648. The number of hydrogen-bond donors (Lipinski definition) is 1. The molecule has 2 N–H and O–H groups in total. The van der Waals surface area contributed by atoms with Crippen LogP contribution in [0, 0.1) is 11.3 Å². The van der Waals surface area contributed by atoms with Crippen molar-refractivity contribution in [1.29, 1.82) is 5.26 Å². The maximum Gasteiger partial charge on any atom is 0.102 e. The van der Waals surface area contributed by atoms with Gasteiger partial charge in [0, 0.05) is 24.5 Å². The van der Waals surface area contributed by atoms with E-state index in [1.165, 1.54) is 5.69 Å². The first kappa shape index (κ1) is 14.8. The van der Waals surface area contributed by atoms with Crippen molar-refractivity contribution in [3.63, 3.8) is 0 Å². The molecule has 0 saturated carbocycles. The zero-order valence-electron chi connectivity index (χ0n) is 11.9. The smallest absolute Gasteiger partial charge is 0.102 e. The van der Waals surface area contributed by atoms with Crippen LogP contribution in [-0.2, 0) is 0 Å². The number of rotatable bonds is 5. The molecule has 0 saturated heterocycles. The molecule has 0 aliphatic rings. The van der Waals surface area contributed by atoms with Gasteiger partial charge in [-0.15, -0.1) is 0 Å². The summed E-state index contributed by atoms with van der Waals surface area (Å²) in [5.41, 5.74) is 9.44. The van der Waals surface area contributed by atoms with Crippen LogP contribution >= 0.6 is 0 Å². The molecule has 3 nitrogen and oxygen atoms in total. The maximum absolute atomic E-state index is 9.09. The molecule has 3 heteroatoms. The number of nitriles is 1. The Bertz CT molecular complexity index is 514. The molecule has 0 radical (unpaired) electrons. The van der Waals surface area contributed by atoms with Gasteiger partial charge in [0.1, 0.15) is 6.07 Å². The van der Waals surface area contributed by atoms with Crippen LogP contribution in [0.25, 0.3) is 5.57 Å². The molecule has 0 unspecified atom stereocenters. The third-order valence-electron chi connectivity index (χ3n) is 3.24. The van der Waals surface area contributed by atoms with Gasteiger partial charge >= 0.3 is 0 Å². The number of nitrogens with two attached hydrogens (primary N) is 1. The molecule has 100 valence electrons. The molecular weight excluding hydrogens is 234 g/mol. The Morgan fingerprint density at radius 1 is 1.26 bits per heavy atom. The Kier molecular flexibility index (Phi) is 5.20. The standard InChI is InChI=1S/C16H21N3/c1-5-19(6-2)15-9-7-14(8-10-15)12(3)16(11-17)13(4)18/h7-10H,4-6,18H2,1-3H3/b16-12+. The van der Waals surface area contributed by atoms with Gasteiger partial charge in [0.25, 0.3) is 0 Å². The van der Waals surface area contributed by atoms with Gasteiger partial charge in [-0.3, -0.25) is 0 Å². The molecule has 0 fully saturated rings. The lowest BCUT2D eigenvalue weighted by molar-refractivity contribution is 0.866. The minimum atomic E-state index is 0.313. The lowest BCUT2D eigenvalue weighted by atomic mass is 10.0. The summed E-state index contributed by atoms with van der Waals surface area (Å²) in [5.74, 6) is 0. The average molecular weight is 255 g/mol. The monoisotopic (exact) mass is 255 g/mol. The predicted octanol–water partition coefficient (Wildman–Crippen LogP) is 3.30. The van der Waals surface area contributed by atoms with Crippen molar-refractivity contribution in [2.75, 3.05) is 18.0 Å². The minimum Gasteiger partial charge on any atom is -0.398 e. The molecule has 0 amide bonds. The summed E-state index contributed by atoms with van der Waals surface area (Å²) in [7, 11) is 0. The highest BCUT2D eigenvalue weighted by Gasteiger charge is 2.07. The third kappa shape index (κ3) is 3.38. The number of nitrogens with zero attached hydrogens (tertiary/aromatic N) is 2. The first-order valence-corrected chi connectivity index (χ1v) is 6.46. The second kappa shape index (κ2) is 6.65. The van der Waals surface area contributed by atoms with Crippen LogP contribution in [0.4, 0.5) is 5.69 Å². The van der Waals surface area contributed by atoms with E-state index in [4.69, 9.17) is 11.0 Å². The van der Waals surface area contributed by atoms with E-state index in [2.05, 4.69) is 43.5 Å². The lowest BCUT2D eigenvalue weighted by Crippen LogP contribution is -2.21. The topological polar surface area (TPSA) is 53.1 Å². The van der Waals surface area contributed by atoms with Crippen LogP contribution < -0.4 is 10.6 Å². The Morgan fingerprint density at radius 2 is 1.79 bits per heavy atom. The molecule has 0 spiro atoms. The van der Waals surface area contributed by atoms with Crippen molar-refractivity contribution in [2.45, 2.75) is 20.8 Å². The number of anilines is 1. The van der Waals surface area contributed by atoms with Crippen LogP contribution in [0.2, 0.25) is 0 Å². The first-order valence-electron chi connectivity index (χ1n) is 6.46. The number of hydrogen-bond acceptors (Lipinski definition) is 3. The Morgan fingerprint density at radius 3 is 2.16 bits per heavy atom. The second-order valence-corrected chi connectivity index (χ2v) is 4.36. The van der Waals surface area contributed by atoms with Crippen molar-refractivity contribution in [1.82, 2.24) is 0 Å². The molecule has 1 aromatic carbocycles. The Balaban J connectivity index is 3.12. The zero-order chi connectivity index (χ0) is 14.4. The van der Waals surface area contributed by atoms with Gasteiger partial charge in [-0.2, -0.15) is 5.26 Å². The van der Waals surface area contributed by atoms with Gasteiger partial charge < -0.3 is 10.6 Å². The number of benzene rings is 1. The summed E-state index contributed by atoms with van der Waals surface area (Å²) in [6.07, 6.45) is 0. The summed E-state index contributed by atoms with van der Waals surface area (Å²) in [6, 6.07) is 10.3. The van der Waals surface area contributed by atoms with E-state index in [1.807, 2.05) is 19.1 Å². The molecule has 0 heterocycles. The van der Waals surface area contributed by atoms with E-state index in [0.717, 1.165) is 24.2 Å². The molecule has 1 aromatic rings. The highest BCUT2D eigenvalue weighted by Crippen LogP contribution is 2.23. The van der Waals surface area contributed by atoms with Crippen molar-refractivity contribution in [2.24, 2.45) is 5.73 Å². The zero-order valence-corrected chi connectivity index (χ0v) is 11.9. The molecule has 0 bridgehead atoms. The van der Waals surface area contributed by atoms with Crippen molar-refractivity contribution >= 4 is 11.3 Å². The van der Waals surface area contributed by atoms with Gasteiger partial charge in [-0.05, 0) is 44.0 Å². The van der Waals surface area contributed by atoms with Crippen LogP contribution in [-0.4, -0.2) is 13.1 Å². The van der Waals surface area contributed by atoms with E-state index in [9.17, 15) is 0 Å². The highest BCUT2D eigenvalue weighted by atomic mass is 15.1. The summed E-state index contributed by atoms with van der Waals surface area (Å²) in [4.78, 5) is 2.27. The molecular formula is C16H21N3. The molecule has 0 aliphatic heterocycles. The molecule has 1 rings (SSSR count). The van der Waals surface area contributed by atoms with E-state index in [1.54, 1.807) is 0 Å². The largest absolute Gasteiger partial charge is 0.398 e. The molecule has 0 atom stereocenters. The fourth-order valence-corrected chi connectivity index (χ4v) is 2.05. The highest BCUT2D eigenvalue weighted by molar-refractivity contribution is 5.75. The van der Waals surface area contributed by atoms with Gasteiger partial charge in [-0.25, -0.2) is 0 Å². The van der Waals surface area contributed by atoms with E-state index in [0.29, 0.717) is 11.3 Å². The van der Waals surface area contributed by atoms with Gasteiger partial charge in [0.15, 0.2) is 0 Å². The summed E-state index contributed by atoms with van der Waals surface area (Å²) < 4.78 is 0. The molecule has 0 aliphatic carbocycles. The van der Waals surface area contributed by atoms with Crippen LogP contribution in [0.5, 0.6) is 0 Å². The van der Waals surface area contributed by atoms with Crippen LogP contribution in [0.3, 0.4) is 0 Å². The van der Waals surface area contributed by atoms with Crippen molar-refractivity contribution in [3.8, 4) is 6.07 Å². The lowest BCUT2D eigenvalue weighted by Gasteiger charge is -2.21. The maximum atomic E-state index is 9.09. The summed E-state index contributed by atoms with van der Waals surface area (Å²) in [5, 5.41) is 9.09. The summed E-state index contributed by atoms with van der Waals surface area (Å²) >= 11 is 0. The van der Waals surface area contributed by atoms with Crippen LogP contribution in [0.1, 0.15) is 26.3 Å². The van der Waals surface area contributed by atoms with Crippen LogP contribution in [0.15, 0.2) is 42.1 Å². The van der Waals surface area contributed by atoms with Gasteiger partial charge in [0.05, 0.1) is 5.57 Å². The van der Waals surface area contributed by atoms with Crippen molar-refractivity contribution in [3.05, 3.63) is 47.7 Å². The normalized spacial score (nSPS) is 11.5. The summed E-state index contributed by atoms with van der Waals surface area (Å²) in [6.45, 7) is 11.8.